The first-order chi connectivity index (χ1) is 14.7. The Morgan fingerprint density at radius 1 is 0.833 bits per heavy atom. The number of benzene rings is 2. The molecule has 1 fully saturated rings. The lowest BCUT2D eigenvalue weighted by Crippen LogP contribution is -2.30. The summed E-state index contributed by atoms with van der Waals surface area (Å²) in [7, 11) is 0. The highest BCUT2D eigenvalue weighted by Crippen LogP contribution is 2.42. The number of pyridine rings is 1. The molecule has 1 N–H and O–H groups in total. The van der Waals surface area contributed by atoms with Gasteiger partial charge in [-0.25, -0.2) is 0 Å². The first-order valence-corrected chi connectivity index (χ1v) is 10.4. The second kappa shape index (κ2) is 7.76. The molecule has 0 aliphatic carbocycles. The lowest BCUT2D eigenvalue weighted by atomic mass is 10.0. The number of aromatic nitrogens is 2. The first kappa shape index (κ1) is 18.6. The summed E-state index contributed by atoms with van der Waals surface area (Å²) in [5.41, 5.74) is 5.57. The van der Waals surface area contributed by atoms with Crippen molar-refractivity contribution in [3.63, 3.8) is 0 Å². The molecule has 5 heteroatoms. The molecule has 30 heavy (non-hydrogen) atoms. The second-order valence-electron chi connectivity index (χ2n) is 7.47. The summed E-state index contributed by atoms with van der Waals surface area (Å²) in [4.78, 5) is 6.84. The summed E-state index contributed by atoms with van der Waals surface area (Å²) in [6, 6.07) is 29.1. The molecule has 2 aromatic carbocycles. The van der Waals surface area contributed by atoms with E-state index >= 15 is 0 Å². The van der Waals surface area contributed by atoms with Crippen molar-refractivity contribution in [3.05, 3.63) is 114 Å². The molecule has 0 saturated carbocycles. The van der Waals surface area contributed by atoms with Gasteiger partial charge in [0.2, 0.25) is 0 Å². The first-order valence-electron chi connectivity index (χ1n) is 10.0. The predicted molar refractivity (Wildman–Crippen MR) is 125 cm³/mol. The molecule has 1 aliphatic heterocycles. The van der Waals surface area contributed by atoms with E-state index in [1.54, 1.807) is 0 Å². The monoisotopic (exact) mass is 410 g/mol. The molecular formula is C25H22N4S. The van der Waals surface area contributed by atoms with Crippen molar-refractivity contribution in [2.24, 2.45) is 0 Å². The third-order valence-electron chi connectivity index (χ3n) is 5.53. The topological polar surface area (TPSA) is 33.1 Å². The maximum absolute atomic E-state index is 5.81. The molecular weight excluding hydrogens is 388 g/mol. The molecule has 0 spiro atoms. The molecule has 0 amide bonds. The Hall–Kier alpha value is -3.44. The summed E-state index contributed by atoms with van der Waals surface area (Å²) in [6.45, 7) is 2.11. The van der Waals surface area contributed by atoms with Gasteiger partial charge in [0.05, 0.1) is 11.7 Å². The number of anilines is 1. The van der Waals surface area contributed by atoms with Gasteiger partial charge >= 0.3 is 0 Å². The Morgan fingerprint density at radius 2 is 1.60 bits per heavy atom. The minimum atomic E-state index is -0.0574. The number of hydrogen-bond donors (Lipinski definition) is 1. The van der Waals surface area contributed by atoms with Crippen LogP contribution in [0.5, 0.6) is 0 Å². The zero-order chi connectivity index (χ0) is 20.5. The highest BCUT2D eigenvalue weighted by atomic mass is 32.1. The largest absolute Gasteiger partial charge is 0.351 e. The van der Waals surface area contributed by atoms with Gasteiger partial charge in [-0.2, -0.15) is 0 Å². The van der Waals surface area contributed by atoms with Crippen molar-refractivity contribution in [3.8, 4) is 5.69 Å². The van der Waals surface area contributed by atoms with Crippen LogP contribution in [0.3, 0.4) is 0 Å². The Balaban J connectivity index is 1.66. The second-order valence-corrected chi connectivity index (χ2v) is 7.86. The molecule has 1 aliphatic rings. The molecule has 0 bridgehead atoms. The average molecular weight is 411 g/mol. The fourth-order valence-corrected chi connectivity index (χ4v) is 4.44. The van der Waals surface area contributed by atoms with Gasteiger partial charge in [-0.1, -0.05) is 42.0 Å². The SMILES string of the molecule is Cc1ccc(-n2cccc2[C@@H]2[C@@H](c3ccccn3)NC(=S)N2c2ccccc2)cc1. The molecule has 5 rings (SSSR count). The predicted octanol–water partition coefficient (Wildman–Crippen LogP) is 5.36. The van der Waals surface area contributed by atoms with Crippen LogP contribution in [0, 0.1) is 6.92 Å². The van der Waals surface area contributed by atoms with Crippen LogP contribution in [-0.2, 0) is 0 Å². The minimum absolute atomic E-state index is 0.0360. The van der Waals surface area contributed by atoms with Crippen LogP contribution in [0.25, 0.3) is 5.69 Å². The van der Waals surface area contributed by atoms with Gasteiger partial charge < -0.3 is 14.8 Å². The van der Waals surface area contributed by atoms with Gasteiger partial charge in [-0.05, 0) is 67.7 Å². The zero-order valence-electron chi connectivity index (χ0n) is 16.6. The van der Waals surface area contributed by atoms with Crippen molar-refractivity contribution in [1.29, 1.82) is 0 Å². The molecule has 3 heterocycles. The van der Waals surface area contributed by atoms with Crippen molar-refractivity contribution in [1.82, 2.24) is 14.9 Å². The van der Waals surface area contributed by atoms with E-state index in [-0.39, 0.29) is 12.1 Å². The van der Waals surface area contributed by atoms with Crippen LogP contribution in [0.4, 0.5) is 5.69 Å². The molecule has 1 saturated heterocycles. The lowest BCUT2D eigenvalue weighted by Gasteiger charge is -2.29. The van der Waals surface area contributed by atoms with E-state index in [9.17, 15) is 0 Å². The summed E-state index contributed by atoms with van der Waals surface area (Å²) in [5.74, 6) is 0. The number of nitrogens with zero attached hydrogens (tertiary/aromatic N) is 3. The van der Waals surface area contributed by atoms with Gasteiger partial charge in [-0.15, -0.1) is 0 Å². The Labute approximate surface area is 181 Å². The third-order valence-corrected chi connectivity index (χ3v) is 5.84. The fraction of sp³-hybridized carbons (Fsp3) is 0.120. The number of thiocarbonyl (C=S) groups is 1. The number of rotatable bonds is 4. The average Bonchev–Trinajstić information content (AvgIpc) is 3.40. The summed E-state index contributed by atoms with van der Waals surface area (Å²) < 4.78 is 2.24. The van der Waals surface area contributed by atoms with Crippen LogP contribution in [-0.4, -0.2) is 14.7 Å². The van der Waals surface area contributed by atoms with E-state index in [1.165, 1.54) is 5.56 Å². The highest BCUT2D eigenvalue weighted by molar-refractivity contribution is 7.80. The van der Waals surface area contributed by atoms with Crippen LogP contribution >= 0.6 is 12.2 Å². The molecule has 2 atom stereocenters. The van der Waals surface area contributed by atoms with Crippen molar-refractivity contribution < 1.29 is 0 Å². The van der Waals surface area contributed by atoms with Gasteiger partial charge in [0.25, 0.3) is 0 Å². The van der Waals surface area contributed by atoms with Crippen molar-refractivity contribution in [2.75, 3.05) is 4.90 Å². The quantitative estimate of drug-likeness (QED) is 0.459. The fourth-order valence-electron chi connectivity index (χ4n) is 4.10. The Kier molecular flexibility index (Phi) is 4.81. The van der Waals surface area contributed by atoms with Gasteiger partial charge in [0.1, 0.15) is 6.04 Å². The maximum Gasteiger partial charge on any atom is 0.174 e. The van der Waals surface area contributed by atoms with E-state index in [1.807, 2.05) is 36.5 Å². The molecule has 0 radical (unpaired) electrons. The standard InChI is InChI=1S/C25H22N4S/c1-18-12-14-19(15-13-18)28-17-7-11-22(28)24-23(21-10-5-6-16-26-21)27-25(30)29(24)20-8-3-2-4-9-20/h2-17,23-24H,1H3,(H,27,30)/t23-,24-/m1/s1. The molecule has 2 aromatic heterocycles. The summed E-state index contributed by atoms with van der Waals surface area (Å²) in [5, 5.41) is 4.23. The number of aryl methyl sites for hydroxylation is 1. The third kappa shape index (κ3) is 3.27. The normalized spacial score (nSPS) is 18.4. The van der Waals surface area contributed by atoms with E-state index in [4.69, 9.17) is 12.2 Å². The molecule has 4 aromatic rings. The number of hydrogen-bond acceptors (Lipinski definition) is 2. The summed E-state index contributed by atoms with van der Waals surface area (Å²) >= 11 is 5.81. The molecule has 148 valence electrons. The van der Waals surface area contributed by atoms with E-state index in [0.29, 0.717) is 5.11 Å². The van der Waals surface area contributed by atoms with Crippen LogP contribution in [0.15, 0.2) is 97.3 Å². The van der Waals surface area contributed by atoms with Crippen molar-refractivity contribution in [2.45, 2.75) is 19.0 Å². The number of nitrogens with one attached hydrogen (secondary N) is 1. The van der Waals surface area contributed by atoms with Crippen molar-refractivity contribution >= 4 is 23.0 Å². The van der Waals surface area contributed by atoms with E-state index in [2.05, 4.69) is 87.5 Å². The van der Waals surface area contributed by atoms with Gasteiger partial charge in [-0.3, -0.25) is 4.98 Å². The van der Waals surface area contributed by atoms with Gasteiger partial charge in [0.15, 0.2) is 5.11 Å². The molecule has 4 nitrogen and oxygen atoms in total. The summed E-state index contributed by atoms with van der Waals surface area (Å²) in [6.07, 6.45) is 3.95. The minimum Gasteiger partial charge on any atom is -0.351 e. The zero-order valence-corrected chi connectivity index (χ0v) is 17.5. The Bertz CT molecular complexity index is 1150. The highest BCUT2D eigenvalue weighted by Gasteiger charge is 2.42. The Morgan fingerprint density at radius 3 is 2.33 bits per heavy atom. The van der Waals surface area contributed by atoms with Crippen LogP contribution < -0.4 is 10.2 Å². The smallest absolute Gasteiger partial charge is 0.174 e. The lowest BCUT2D eigenvalue weighted by molar-refractivity contribution is 0.549. The number of para-hydroxylation sites is 1. The maximum atomic E-state index is 5.81. The molecule has 0 unspecified atom stereocenters. The van der Waals surface area contributed by atoms with E-state index < -0.39 is 0 Å². The van der Waals surface area contributed by atoms with Crippen LogP contribution in [0.2, 0.25) is 0 Å². The van der Waals surface area contributed by atoms with E-state index in [0.717, 1.165) is 22.8 Å². The van der Waals surface area contributed by atoms with Crippen LogP contribution in [0.1, 0.15) is 29.0 Å². The van der Waals surface area contributed by atoms with Gasteiger partial charge in [0, 0.05) is 29.5 Å².